The van der Waals surface area contributed by atoms with Crippen molar-refractivity contribution in [1.82, 2.24) is 9.21 Å². The number of carbonyl (C=O) groups is 1. The van der Waals surface area contributed by atoms with E-state index >= 15 is 0 Å². The van der Waals surface area contributed by atoms with Gasteiger partial charge in [-0.1, -0.05) is 30.3 Å². The highest BCUT2D eigenvalue weighted by molar-refractivity contribution is 7.89. The van der Waals surface area contributed by atoms with Crippen molar-refractivity contribution in [1.29, 1.82) is 0 Å². The molecule has 1 aromatic carbocycles. The minimum absolute atomic E-state index is 0.0634. The molecule has 0 N–H and O–H groups in total. The fourth-order valence-electron chi connectivity index (χ4n) is 3.81. The summed E-state index contributed by atoms with van der Waals surface area (Å²) in [5.74, 6) is 0.158. The number of piperidine rings is 1. The van der Waals surface area contributed by atoms with Gasteiger partial charge in [-0.15, -0.1) is 0 Å². The van der Waals surface area contributed by atoms with Crippen LogP contribution in [0.3, 0.4) is 0 Å². The number of thiophene rings is 1. The summed E-state index contributed by atoms with van der Waals surface area (Å²) in [4.78, 5) is 15.3. The van der Waals surface area contributed by atoms with Gasteiger partial charge in [0.2, 0.25) is 15.9 Å². The fraction of sp³-hybridized carbons (Fsp3) is 0.450. The van der Waals surface area contributed by atoms with E-state index in [9.17, 15) is 13.2 Å². The number of carbonyl (C=O) groups excluding carboxylic acids is 1. The molecule has 0 unspecified atom stereocenters. The number of likely N-dealkylation sites (N-methyl/N-ethyl adjacent to an activating group) is 1. The van der Waals surface area contributed by atoms with E-state index in [1.165, 1.54) is 4.31 Å². The smallest absolute Gasteiger partial charge is 0.233 e. The molecular formula is C20H26N2O3S2. The van der Waals surface area contributed by atoms with Crippen LogP contribution in [0.5, 0.6) is 0 Å². The molecule has 0 atom stereocenters. The first-order valence-electron chi connectivity index (χ1n) is 9.19. The first-order chi connectivity index (χ1) is 12.9. The third-order valence-electron chi connectivity index (χ3n) is 5.42. The summed E-state index contributed by atoms with van der Waals surface area (Å²) in [6, 6.07) is 11.8. The van der Waals surface area contributed by atoms with Gasteiger partial charge in [-0.2, -0.15) is 11.3 Å². The lowest BCUT2D eigenvalue weighted by molar-refractivity contribution is -0.138. The van der Waals surface area contributed by atoms with Gasteiger partial charge in [0.1, 0.15) is 0 Å². The second kappa shape index (κ2) is 8.12. The molecule has 1 aliphatic heterocycles. The summed E-state index contributed by atoms with van der Waals surface area (Å²) in [6.07, 6.45) is 1.01. The average molecular weight is 407 g/mol. The van der Waals surface area contributed by atoms with E-state index < -0.39 is 15.4 Å². The first-order valence-corrected chi connectivity index (χ1v) is 11.7. The van der Waals surface area contributed by atoms with Gasteiger partial charge >= 0.3 is 0 Å². The summed E-state index contributed by atoms with van der Waals surface area (Å²) in [7, 11) is -1.40. The zero-order valence-electron chi connectivity index (χ0n) is 15.8. The van der Waals surface area contributed by atoms with Crippen LogP contribution in [-0.4, -0.2) is 49.4 Å². The molecule has 1 aromatic heterocycles. The molecule has 3 rings (SSSR count). The molecule has 0 bridgehead atoms. The number of sulfonamides is 1. The van der Waals surface area contributed by atoms with Crippen molar-refractivity contribution >= 4 is 27.3 Å². The van der Waals surface area contributed by atoms with E-state index in [1.54, 1.807) is 23.2 Å². The summed E-state index contributed by atoms with van der Waals surface area (Å²) in [6.45, 7) is 2.98. The van der Waals surface area contributed by atoms with Crippen molar-refractivity contribution in [2.45, 2.75) is 31.7 Å². The van der Waals surface area contributed by atoms with Crippen LogP contribution in [-0.2, 0) is 26.8 Å². The van der Waals surface area contributed by atoms with Crippen LogP contribution in [0.4, 0.5) is 0 Å². The lowest BCUT2D eigenvalue weighted by Crippen LogP contribution is -2.53. The maximum Gasteiger partial charge on any atom is 0.233 e. The van der Waals surface area contributed by atoms with Crippen LogP contribution >= 0.6 is 11.3 Å². The number of rotatable bonds is 6. The summed E-state index contributed by atoms with van der Waals surface area (Å²) in [5.41, 5.74) is 1.41. The normalized spacial score (nSPS) is 17.6. The predicted molar refractivity (Wildman–Crippen MR) is 109 cm³/mol. The SMILES string of the molecule is CCS(=O)(=O)N1CCC(C(=O)N(C)Cc2ccsc2)(c2ccccc2)CC1. The molecule has 7 heteroatoms. The van der Waals surface area contributed by atoms with Gasteiger partial charge in [0.15, 0.2) is 0 Å². The first kappa shape index (κ1) is 20.0. The highest BCUT2D eigenvalue weighted by Gasteiger charge is 2.45. The molecular weight excluding hydrogens is 380 g/mol. The minimum Gasteiger partial charge on any atom is -0.341 e. The zero-order chi connectivity index (χ0) is 19.5. The standard InChI is InChI=1S/C20H26N2O3S2/c1-3-27(24,25)22-12-10-20(11-13-22,18-7-5-4-6-8-18)19(23)21(2)15-17-9-14-26-16-17/h4-9,14,16H,3,10-13,15H2,1-2H3. The van der Waals surface area contributed by atoms with Gasteiger partial charge in [-0.3, -0.25) is 4.79 Å². The predicted octanol–water partition coefficient (Wildman–Crippen LogP) is 3.09. The number of hydrogen-bond donors (Lipinski definition) is 0. The quantitative estimate of drug-likeness (QED) is 0.741. The van der Waals surface area contributed by atoms with Gasteiger partial charge in [-0.05, 0) is 47.7 Å². The Hall–Kier alpha value is -1.70. The van der Waals surface area contributed by atoms with Crippen LogP contribution in [0.25, 0.3) is 0 Å². The third-order valence-corrected chi connectivity index (χ3v) is 8.03. The average Bonchev–Trinajstić information content (AvgIpc) is 3.21. The van der Waals surface area contributed by atoms with Crippen molar-refractivity contribution in [3.8, 4) is 0 Å². The fourth-order valence-corrected chi connectivity index (χ4v) is 5.57. The maximum atomic E-state index is 13.5. The molecule has 27 heavy (non-hydrogen) atoms. The number of benzene rings is 1. The van der Waals surface area contributed by atoms with Crippen LogP contribution in [0.2, 0.25) is 0 Å². The Morgan fingerprint density at radius 2 is 1.85 bits per heavy atom. The van der Waals surface area contributed by atoms with Crippen LogP contribution in [0, 0.1) is 0 Å². The number of amides is 1. The van der Waals surface area contributed by atoms with Gasteiger partial charge < -0.3 is 4.90 Å². The van der Waals surface area contributed by atoms with Crippen molar-refractivity contribution in [2.75, 3.05) is 25.9 Å². The van der Waals surface area contributed by atoms with Crippen molar-refractivity contribution in [3.05, 3.63) is 58.3 Å². The molecule has 0 aliphatic carbocycles. The van der Waals surface area contributed by atoms with E-state index in [4.69, 9.17) is 0 Å². The van der Waals surface area contributed by atoms with Crippen molar-refractivity contribution < 1.29 is 13.2 Å². The molecule has 146 valence electrons. The summed E-state index contributed by atoms with van der Waals surface area (Å²) in [5, 5.41) is 4.06. The maximum absolute atomic E-state index is 13.5. The Bertz CT molecular complexity index is 856. The highest BCUT2D eigenvalue weighted by atomic mass is 32.2. The highest BCUT2D eigenvalue weighted by Crippen LogP contribution is 2.38. The van der Waals surface area contributed by atoms with Crippen molar-refractivity contribution in [2.24, 2.45) is 0 Å². The Kier molecular flexibility index (Phi) is 6.03. The Morgan fingerprint density at radius 3 is 2.41 bits per heavy atom. The zero-order valence-corrected chi connectivity index (χ0v) is 17.4. The Morgan fingerprint density at radius 1 is 1.19 bits per heavy atom. The lowest BCUT2D eigenvalue weighted by atomic mass is 9.72. The molecule has 0 saturated carbocycles. The Balaban J connectivity index is 1.87. The molecule has 0 radical (unpaired) electrons. The van der Waals surface area contributed by atoms with Gasteiger partial charge in [0.05, 0.1) is 11.2 Å². The van der Waals surface area contributed by atoms with Crippen LogP contribution in [0.15, 0.2) is 47.2 Å². The topological polar surface area (TPSA) is 57.7 Å². The van der Waals surface area contributed by atoms with Gasteiger partial charge in [0.25, 0.3) is 0 Å². The molecule has 2 heterocycles. The molecule has 5 nitrogen and oxygen atoms in total. The number of hydrogen-bond acceptors (Lipinski definition) is 4. The molecule has 1 aliphatic rings. The third kappa shape index (κ3) is 4.10. The second-order valence-electron chi connectivity index (χ2n) is 7.04. The largest absolute Gasteiger partial charge is 0.341 e. The monoisotopic (exact) mass is 406 g/mol. The summed E-state index contributed by atoms with van der Waals surface area (Å²) >= 11 is 1.62. The molecule has 1 saturated heterocycles. The Labute approximate surface area is 165 Å². The second-order valence-corrected chi connectivity index (χ2v) is 10.1. The van der Waals surface area contributed by atoms with Gasteiger partial charge in [0, 0.05) is 26.7 Å². The molecule has 1 amide bonds. The van der Waals surface area contributed by atoms with E-state index in [-0.39, 0.29) is 11.7 Å². The van der Waals surface area contributed by atoms with E-state index in [0.29, 0.717) is 32.5 Å². The van der Waals surface area contributed by atoms with Gasteiger partial charge in [-0.25, -0.2) is 12.7 Å². The van der Waals surface area contributed by atoms with E-state index in [2.05, 4.69) is 5.38 Å². The molecule has 2 aromatic rings. The van der Waals surface area contributed by atoms with E-state index in [0.717, 1.165) is 11.1 Å². The van der Waals surface area contributed by atoms with Crippen LogP contribution < -0.4 is 0 Å². The van der Waals surface area contributed by atoms with Crippen LogP contribution in [0.1, 0.15) is 30.9 Å². The minimum atomic E-state index is -3.23. The molecule has 1 fully saturated rings. The van der Waals surface area contributed by atoms with E-state index in [1.807, 2.05) is 48.8 Å². The number of nitrogens with zero attached hydrogens (tertiary/aromatic N) is 2. The lowest BCUT2D eigenvalue weighted by Gasteiger charge is -2.42. The molecule has 0 spiro atoms. The summed E-state index contributed by atoms with van der Waals surface area (Å²) < 4.78 is 26.0. The van der Waals surface area contributed by atoms with Crippen molar-refractivity contribution in [3.63, 3.8) is 0 Å².